The van der Waals surface area contributed by atoms with Crippen molar-refractivity contribution in [3.8, 4) is 0 Å². The van der Waals surface area contributed by atoms with E-state index in [2.05, 4.69) is 9.72 Å². The van der Waals surface area contributed by atoms with E-state index in [4.69, 9.17) is 0 Å². The Kier molecular flexibility index (Phi) is 4.51. The lowest BCUT2D eigenvalue weighted by Gasteiger charge is -2.09. The molecule has 16 heavy (non-hydrogen) atoms. The van der Waals surface area contributed by atoms with Gasteiger partial charge >= 0.3 is 5.97 Å². The van der Waals surface area contributed by atoms with Gasteiger partial charge in [0.05, 0.1) is 19.1 Å². The predicted molar refractivity (Wildman–Crippen MR) is 57.6 cm³/mol. The standard InChI is InChI=1S/C9H7F3INO2/c1-16-6(15)3-4-2-5(10)14-9(13)7(4)8(11)12/h2,8H,3H2,1H3. The molecule has 0 aliphatic carbocycles. The molecule has 88 valence electrons. The molecule has 1 aromatic heterocycles. The zero-order valence-corrected chi connectivity index (χ0v) is 10.3. The summed E-state index contributed by atoms with van der Waals surface area (Å²) in [6, 6.07) is 0.820. The number of methoxy groups -OCH3 is 1. The van der Waals surface area contributed by atoms with Crippen LogP contribution in [-0.2, 0) is 16.0 Å². The lowest BCUT2D eigenvalue weighted by Crippen LogP contribution is -2.10. The number of carbonyl (C=O) groups excluding carboxylic acids is 1. The van der Waals surface area contributed by atoms with Gasteiger partial charge in [0.2, 0.25) is 5.95 Å². The highest BCUT2D eigenvalue weighted by atomic mass is 127. The van der Waals surface area contributed by atoms with E-state index >= 15 is 0 Å². The number of aromatic nitrogens is 1. The normalized spacial score (nSPS) is 10.6. The molecular formula is C9H7F3INO2. The minimum absolute atomic E-state index is 0.0984. The summed E-state index contributed by atoms with van der Waals surface area (Å²) in [6.45, 7) is 0. The first kappa shape index (κ1) is 13.2. The van der Waals surface area contributed by atoms with Gasteiger partial charge in [-0.25, -0.2) is 13.8 Å². The largest absolute Gasteiger partial charge is 0.469 e. The van der Waals surface area contributed by atoms with Crippen molar-refractivity contribution in [1.82, 2.24) is 4.98 Å². The Morgan fingerprint density at radius 2 is 2.25 bits per heavy atom. The molecule has 0 spiro atoms. The first-order valence-corrected chi connectivity index (χ1v) is 5.23. The quantitative estimate of drug-likeness (QED) is 0.480. The van der Waals surface area contributed by atoms with Crippen LogP contribution in [0.25, 0.3) is 0 Å². The van der Waals surface area contributed by atoms with Gasteiger partial charge in [0.25, 0.3) is 6.43 Å². The highest BCUT2D eigenvalue weighted by Crippen LogP contribution is 2.27. The topological polar surface area (TPSA) is 39.2 Å². The lowest BCUT2D eigenvalue weighted by molar-refractivity contribution is -0.139. The van der Waals surface area contributed by atoms with Crippen LogP contribution in [0.4, 0.5) is 13.2 Å². The van der Waals surface area contributed by atoms with Crippen LogP contribution in [0.3, 0.4) is 0 Å². The zero-order chi connectivity index (χ0) is 12.3. The van der Waals surface area contributed by atoms with Crippen LogP contribution in [0.1, 0.15) is 17.6 Å². The van der Waals surface area contributed by atoms with Crippen LogP contribution >= 0.6 is 22.6 Å². The molecule has 1 rings (SSSR count). The van der Waals surface area contributed by atoms with Crippen LogP contribution in [0.5, 0.6) is 0 Å². The van der Waals surface area contributed by atoms with Crippen LogP contribution in [0, 0.1) is 9.65 Å². The molecule has 0 bridgehead atoms. The van der Waals surface area contributed by atoms with Crippen molar-refractivity contribution in [3.63, 3.8) is 0 Å². The van der Waals surface area contributed by atoms with Crippen LogP contribution in [0.2, 0.25) is 0 Å². The Balaban J connectivity index is 3.18. The molecule has 0 saturated heterocycles. The second-order valence-corrected chi connectivity index (χ2v) is 3.88. The molecule has 1 aromatic rings. The first-order chi connectivity index (χ1) is 7.45. The second-order valence-electron chi connectivity index (χ2n) is 2.86. The van der Waals surface area contributed by atoms with Gasteiger partial charge in [-0.1, -0.05) is 0 Å². The summed E-state index contributed by atoms with van der Waals surface area (Å²) in [5.74, 6) is -1.60. The number of halogens is 4. The fourth-order valence-electron chi connectivity index (χ4n) is 1.14. The molecule has 0 aromatic carbocycles. The van der Waals surface area contributed by atoms with E-state index in [-0.39, 0.29) is 9.26 Å². The van der Waals surface area contributed by atoms with E-state index in [0.717, 1.165) is 13.2 Å². The number of hydrogen-bond acceptors (Lipinski definition) is 3. The minimum atomic E-state index is -2.81. The highest BCUT2D eigenvalue weighted by Gasteiger charge is 2.21. The van der Waals surface area contributed by atoms with E-state index in [1.165, 1.54) is 22.6 Å². The third-order valence-electron chi connectivity index (χ3n) is 1.85. The maximum absolute atomic E-state index is 12.9. The second kappa shape index (κ2) is 5.46. The summed E-state index contributed by atoms with van der Waals surface area (Å²) in [6.07, 6.45) is -3.20. The van der Waals surface area contributed by atoms with E-state index < -0.39 is 30.3 Å². The number of carbonyl (C=O) groups is 1. The molecule has 0 radical (unpaired) electrons. The third kappa shape index (κ3) is 3.06. The average Bonchev–Trinajstić information content (AvgIpc) is 2.15. The van der Waals surface area contributed by atoms with Gasteiger partial charge < -0.3 is 4.74 Å². The Hall–Kier alpha value is -0.860. The number of ether oxygens (including phenoxy) is 1. The fraction of sp³-hybridized carbons (Fsp3) is 0.333. The van der Waals surface area contributed by atoms with Crippen LogP contribution in [-0.4, -0.2) is 18.1 Å². The summed E-state index contributed by atoms with van der Waals surface area (Å²) in [5, 5.41) is 0. The van der Waals surface area contributed by atoms with E-state index in [0.29, 0.717) is 0 Å². The monoisotopic (exact) mass is 345 g/mol. The van der Waals surface area contributed by atoms with Crippen LogP contribution in [0.15, 0.2) is 6.07 Å². The van der Waals surface area contributed by atoms with Crippen molar-refractivity contribution in [2.75, 3.05) is 7.11 Å². The Bertz CT molecular complexity index is 412. The molecule has 0 atom stereocenters. The number of esters is 1. The molecule has 0 amide bonds. The average molecular weight is 345 g/mol. The summed E-state index contributed by atoms with van der Waals surface area (Å²) in [7, 11) is 1.13. The molecule has 0 N–H and O–H groups in total. The number of pyridine rings is 1. The Labute approximate surface area is 103 Å². The summed E-state index contributed by atoms with van der Waals surface area (Å²) in [5.41, 5.74) is -0.522. The number of rotatable bonds is 3. The van der Waals surface area contributed by atoms with Crippen molar-refractivity contribution in [2.24, 2.45) is 0 Å². The maximum atomic E-state index is 12.9. The molecule has 3 nitrogen and oxygen atoms in total. The van der Waals surface area contributed by atoms with Gasteiger partial charge in [-0.15, -0.1) is 0 Å². The van der Waals surface area contributed by atoms with Crippen molar-refractivity contribution in [2.45, 2.75) is 12.8 Å². The minimum Gasteiger partial charge on any atom is -0.469 e. The molecule has 0 saturated carbocycles. The molecule has 1 heterocycles. The van der Waals surface area contributed by atoms with Gasteiger partial charge in [-0.3, -0.25) is 4.79 Å². The summed E-state index contributed by atoms with van der Waals surface area (Å²) >= 11 is 1.50. The third-order valence-corrected chi connectivity index (χ3v) is 2.67. The maximum Gasteiger partial charge on any atom is 0.309 e. The fourth-order valence-corrected chi connectivity index (χ4v) is 1.96. The Morgan fingerprint density at radius 3 is 2.75 bits per heavy atom. The first-order valence-electron chi connectivity index (χ1n) is 4.15. The molecule has 0 fully saturated rings. The number of alkyl halides is 2. The van der Waals surface area contributed by atoms with Gasteiger partial charge in [-0.2, -0.15) is 4.39 Å². The summed E-state index contributed by atoms with van der Waals surface area (Å²) in [4.78, 5) is 14.2. The smallest absolute Gasteiger partial charge is 0.309 e. The molecule has 0 aliphatic rings. The lowest BCUT2D eigenvalue weighted by atomic mass is 10.1. The molecule has 7 heteroatoms. The zero-order valence-electron chi connectivity index (χ0n) is 8.14. The van der Waals surface area contributed by atoms with Crippen molar-refractivity contribution >= 4 is 28.6 Å². The molecule has 0 aliphatic heterocycles. The Morgan fingerprint density at radius 1 is 1.62 bits per heavy atom. The molecular weight excluding hydrogens is 338 g/mol. The summed E-state index contributed by atoms with van der Waals surface area (Å²) < 4.78 is 42.4. The van der Waals surface area contributed by atoms with Crippen LogP contribution < -0.4 is 0 Å². The number of hydrogen-bond donors (Lipinski definition) is 0. The SMILES string of the molecule is COC(=O)Cc1cc(F)nc(I)c1C(F)F. The van der Waals surface area contributed by atoms with E-state index in [1.807, 2.05) is 0 Å². The van der Waals surface area contributed by atoms with Crippen molar-refractivity contribution in [3.05, 3.63) is 26.8 Å². The highest BCUT2D eigenvalue weighted by molar-refractivity contribution is 14.1. The van der Waals surface area contributed by atoms with Crippen molar-refractivity contribution < 1.29 is 22.7 Å². The van der Waals surface area contributed by atoms with E-state index in [9.17, 15) is 18.0 Å². The molecule has 0 unspecified atom stereocenters. The van der Waals surface area contributed by atoms with E-state index in [1.54, 1.807) is 0 Å². The predicted octanol–water partition coefficient (Wildman–Crippen LogP) is 2.48. The van der Waals surface area contributed by atoms with Gasteiger partial charge in [0.1, 0.15) is 3.70 Å². The van der Waals surface area contributed by atoms with Gasteiger partial charge in [0.15, 0.2) is 0 Å². The van der Waals surface area contributed by atoms with Gasteiger partial charge in [-0.05, 0) is 34.2 Å². The van der Waals surface area contributed by atoms with Crippen molar-refractivity contribution in [1.29, 1.82) is 0 Å². The van der Waals surface area contributed by atoms with Gasteiger partial charge in [0, 0.05) is 0 Å². The number of nitrogens with zero attached hydrogens (tertiary/aromatic N) is 1.